The molecule has 1 heteroatoms. The SMILES string of the molecule is c1ccc(N(c2ccccc2)c2ccc3c4c(cccc24)-c2ccccc2-c2ccccc2-3)cc1. The van der Waals surface area contributed by atoms with Crippen LogP contribution < -0.4 is 4.90 Å². The zero-order chi connectivity index (χ0) is 23.2. The summed E-state index contributed by atoms with van der Waals surface area (Å²) in [4.78, 5) is 2.37. The summed E-state index contributed by atoms with van der Waals surface area (Å²) in [7, 11) is 0. The molecule has 7 rings (SSSR count). The Bertz CT molecular complexity index is 1590. The van der Waals surface area contributed by atoms with Crippen LogP contribution >= 0.6 is 0 Å². The molecule has 0 aromatic heterocycles. The van der Waals surface area contributed by atoms with Crippen LogP contribution in [0.4, 0.5) is 17.1 Å². The molecule has 0 amide bonds. The van der Waals surface area contributed by atoms with Crippen LogP contribution in [0.1, 0.15) is 0 Å². The molecule has 0 saturated carbocycles. The molecule has 1 aliphatic rings. The summed E-state index contributed by atoms with van der Waals surface area (Å²) in [5.41, 5.74) is 11.2. The van der Waals surface area contributed by atoms with Crippen LogP contribution in [-0.2, 0) is 0 Å². The molecule has 1 nitrogen and oxygen atoms in total. The van der Waals surface area contributed by atoms with Crippen molar-refractivity contribution in [1.29, 1.82) is 0 Å². The predicted molar refractivity (Wildman–Crippen MR) is 148 cm³/mol. The second-order valence-electron chi connectivity index (χ2n) is 8.96. The maximum Gasteiger partial charge on any atom is 0.0540 e. The van der Waals surface area contributed by atoms with E-state index in [4.69, 9.17) is 0 Å². The Morgan fingerprint density at radius 2 is 0.743 bits per heavy atom. The highest BCUT2D eigenvalue weighted by atomic mass is 15.1. The van der Waals surface area contributed by atoms with Crippen molar-refractivity contribution < 1.29 is 0 Å². The Morgan fingerprint density at radius 3 is 1.29 bits per heavy atom. The first-order valence-corrected chi connectivity index (χ1v) is 12.1. The molecule has 6 aromatic rings. The molecule has 6 aromatic carbocycles. The molecule has 1 aliphatic carbocycles. The maximum atomic E-state index is 2.37. The lowest BCUT2D eigenvalue weighted by atomic mass is 9.92. The second-order valence-corrected chi connectivity index (χ2v) is 8.96. The monoisotopic (exact) mass is 445 g/mol. The van der Waals surface area contributed by atoms with Crippen LogP contribution in [0.3, 0.4) is 0 Å². The summed E-state index contributed by atoms with van der Waals surface area (Å²) in [5.74, 6) is 0. The van der Waals surface area contributed by atoms with Crippen molar-refractivity contribution >= 4 is 27.8 Å². The topological polar surface area (TPSA) is 3.24 Å². The third kappa shape index (κ3) is 3.09. The van der Waals surface area contributed by atoms with Crippen LogP contribution in [0.25, 0.3) is 44.2 Å². The number of hydrogen-bond acceptors (Lipinski definition) is 1. The minimum absolute atomic E-state index is 1.15. The molecule has 0 fully saturated rings. The number of nitrogens with zero attached hydrogens (tertiary/aromatic N) is 1. The Morgan fingerprint density at radius 1 is 0.314 bits per heavy atom. The molecular weight excluding hydrogens is 422 g/mol. The zero-order valence-corrected chi connectivity index (χ0v) is 19.2. The summed E-state index contributed by atoms with van der Waals surface area (Å²) < 4.78 is 0. The molecule has 0 radical (unpaired) electrons. The van der Waals surface area contributed by atoms with E-state index >= 15 is 0 Å². The number of rotatable bonds is 3. The smallest absolute Gasteiger partial charge is 0.0540 e. The lowest BCUT2D eigenvalue weighted by Crippen LogP contribution is -2.10. The fraction of sp³-hybridized carbons (Fsp3) is 0. The van der Waals surface area contributed by atoms with Crippen LogP contribution in [0.5, 0.6) is 0 Å². The van der Waals surface area contributed by atoms with E-state index < -0.39 is 0 Å². The van der Waals surface area contributed by atoms with Gasteiger partial charge in [0, 0.05) is 16.8 Å². The van der Waals surface area contributed by atoms with Gasteiger partial charge in [0.1, 0.15) is 0 Å². The van der Waals surface area contributed by atoms with Gasteiger partial charge in [0.2, 0.25) is 0 Å². The van der Waals surface area contributed by atoms with Crippen LogP contribution in [0, 0.1) is 0 Å². The van der Waals surface area contributed by atoms with Crippen molar-refractivity contribution in [3.8, 4) is 33.4 Å². The van der Waals surface area contributed by atoms with E-state index in [-0.39, 0.29) is 0 Å². The first-order chi connectivity index (χ1) is 17.4. The minimum atomic E-state index is 1.15. The van der Waals surface area contributed by atoms with Crippen molar-refractivity contribution in [2.24, 2.45) is 0 Å². The highest BCUT2D eigenvalue weighted by Crippen LogP contribution is 2.50. The van der Waals surface area contributed by atoms with Crippen LogP contribution in [-0.4, -0.2) is 0 Å². The molecule has 0 N–H and O–H groups in total. The summed E-state index contributed by atoms with van der Waals surface area (Å²) in [6, 6.07) is 50.2. The maximum absolute atomic E-state index is 2.37. The lowest BCUT2D eigenvalue weighted by molar-refractivity contribution is 1.30. The minimum Gasteiger partial charge on any atom is -0.310 e. The van der Waals surface area contributed by atoms with Crippen molar-refractivity contribution in [1.82, 2.24) is 0 Å². The first-order valence-electron chi connectivity index (χ1n) is 12.1. The van der Waals surface area contributed by atoms with Gasteiger partial charge in [0.25, 0.3) is 0 Å². The number of hydrogen-bond donors (Lipinski definition) is 0. The van der Waals surface area contributed by atoms with Gasteiger partial charge < -0.3 is 4.90 Å². The largest absolute Gasteiger partial charge is 0.310 e. The molecule has 0 atom stereocenters. The Kier molecular flexibility index (Phi) is 4.53. The van der Waals surface area contributed by atoms with E-state index in [1.807, 2.05) is 0 Å². The number of benzene rings is 6. The zero-order valence-electron chi connectivity index (χ0n) is 19.2. The number of fused-ring (bicyclic) bond motifs is 5. The van der Waals surface area contributed by atoms with Crippen LogP contribution in [0.2, 0.25) is 0 Å². The van der Waals surface area contributed by atoms with Crippen molar-refractivity contribution in [3.05, 3.63) is 140 Å². The van der Waals surface area contributed by atoms with Gasteiger partial charge in [-0.1, -0.05) is 109 Å². The Balaban J connectivity index is 1.60. The summed E-state index contributed by atoms with van der Waals surface area (Å²) in [6.45, 7) is 0. The van der Waals surface area contributed by atoms with E-state index in [1.54, 1.807) is 0 Å². The van der Waals surface area contributed by atoms with Crippen molar-refractivity contribution in [2.75, 3.05) is 4.90 Å². The van der Waals surface area contributed by atoms with E-state index in [9.17, 15) is 0 Å². The molecule has 0 aliphatic heterocycles. The quantitative estimate of drug-likeness (QED) is 0.262. The van der Waals surface area contributed by atoms with E-state index in [1.165, 1.54) is 49.8 Å². The van der Waals surface area contributed by atoms with Gasteiger partial charge in [0.05, 0.1) is 5.69 Å². The lowest BCUT2D eigenvalue weighted by Gasteiger charge is -2.27. The first kappa shape index (κ1) is 19.8. The van der Waals surface area contributed by atoms with Crippen molar-refractivity contribution in [2.45, 2.75) is 0 Å². The van der Waals surface area contributed by atoms with E-state index in [2.05, 4.69) is 144 Å². The van der Waals surface area contributed by atoms with Crippen LogP contribution in [0.15, 0.2) is 140 Å². The third-order valence-electron chi connectivity index (χ3n) is 7.01. The molecule has 0 heterocycles. The highest BCUT2D eigenvalue weighted by molar-refractivity contribution is 6.17. The Labute approximate surface area is 205 Å². The number of anilines is 3. The van der Waals surface area contributed by atoms with Gasteiger partial charge in [0.15, 0.2) is 0 Å². The molecular formula is C34H23N. The normalized spacial score (nSPS) is 11.4. The van der Waals surface area contributed by atoms with Gasteiger partial charge in [-0.15, -0.1) is 0 Å². The van der Waals surface area contributed by atoms with Gasteiger partial charge >= 0.3 is 0 Å². The van der Waals surface area contributed by atoms with E-state index in [0.717, 1.165) is 11.4 Å². The molecule has 0 unspecified atom stereocenters. The molecule has 0 spiro atoms. The van der Waals surface area contributed by atoms with Gasteiger partial charge in [-0.05, 0) is 69.1 Å². The molecule has 0 saturated heterocycles. The highest BCUT2D eigenvalue weighted by Gasteiger charge is 2.23. The fourth-order valence-electron chi connectivity index (χ4n) is 5.52. The van der Waals surface area contributed by atoms with Gasteiger partial charge in [-0.2, -0.15) is 0 Å². The predicted octanol–water partition coefficient (Wildman–Crippen LogP) is 9.62. The fourth-order valence-corrected chi connectivity index (χ4v) is 5.52. The Hall–Kier alpha value is -4.62. The number of para-hydroxylation sites is 2. The molecule has 0 bridgehead atoms. The summed E-state index contributed by atoms with van der Waals surface area (Å²) in [5, 5.41) is 2.55. The summed E-state index contributed by atoms with van der Waals surface area (Å²) >= 11 is 0. The van der Waals surface area contributed by atoms with Gasteiger partial charge in [-0.25, -0.2) is 0 Å². The van der Waals surface area contributed by atoms with Crippen molar-refractivity contribution in [3.63, 3.8) is 0 Å². The molecule has 35 heavy (non-hydrogen) atoms. The third-order valence-corrected chi connectivity index (χ3v) is 7.01. The average molecular weight is 446 g/mol. The van der Waals surface area contributed by atoms with E-state index in [0.29, 0.717) is 0 Å². The average Bonchev–Trinajstić information content (AvgIpc) is 3.06. The summed E-state index contributed by atoms with van der Waals surface area (Å²) in [6.07, 6.45) is 0. The molecule has 164 valence electrons. The second kappa shape index (κ2) is 8.00. The van der Waals surface area contributed by atoms with Gasteiger partial charge in [-0.3, -0.25) is 0 Å². The standard InChI is InChI=1S/C34H23N/c1-3-12-24(13-4-1)35(25-14-5-2-6-15-25)33-23-22-31-29-19-10-8-17-27(29)26-16-7-9-18-28(26)30-20-11-21-32(33)34(30)31/h1-23H.